The summed E-state index contributed by atoms with van der Waals surface area (Å²) in [5.41, 5.74) is 4.21. The first-order chi connectivity index (χ1) is 9.18. The van der Waals surface area contributed by atoms with Crippen LogP contribution in [0.2, 0.25) is 0 Å². The molecule has 0 saturated carbocycles. The van der Waals surface area contributed by atoms with Gasteiger partial charge < -0.3 is 0 Å². The van der Waals surface area contributed by atoms with E-state index >= 15 is 0 Å². The summed E-state index contributed by atoms with van der Waals surface area (Å²) in [7, 11) is -0.628. The number of hydrogen-bond donors (Lipinski definition) is 0. The molecule has 0 unspecified atom stereocenters. The van der Waals surface area contributed by atoms with Gasteiger partial charge in [0.1, 0.15) is 0 Å². The van der Waals surface area contributed by atoms with Gasteiger partial charge in [-0.3, -0.25) is 0 Å². The van der Waals surface area contributed by atoms with E-state index in [0.717, 1.165) is 0 Å². The molecule has 0 atom stereocenters. The van der Waals surface area contributed by atoms with Crippen molar-refractivity contribution >= 4 is 10.0 Å². The predicted octanol–water partition coefficient (Wildman–Crippen LogP) is 5.70. The molecule has 2 aromatic carbocycles. The molecule has 0 aliphatic heterocycles. The average Bonchev–Trinajstić information content (AvgIpc) is 2.37. The fourth-order valence-corrected chi connectivity index (χ4v) is 3.17. The fourth-order valence-electron chi connectivity index (χ4n) is 2.22. The maximum Gasteiger partial charge on any atom is -0.0106 e. The van der Waals surface area contributed by atoms with Crippen LogP contribution < -0.4 is 0 Å². The zero-order valence-electron chi connectivity index (χ0n) is 13.5. The van der Waals surface area contributed by atoms with Gasteiger partial charge in [0.15, 0.2) is 0 Å². The molecule has 0 aromatic heterocycles. The van der Waals surface area contributed by atoms with E-state index in [-0.39, 0.29) is 5.41 Å². The first-order valence-electron chi connectivity index (χ1n) is 7.07. The summed E-state index contributed by atoms with van der Waals surface area (Å²) in [6, 6.07) is 18.0. The van der Waals surface area contributed by atoms with E-state index in [9.17, 15) is 0 Å². The van der Waals surface area contributed by atoms with Crippen LogP contribution in [0.4, 0.5) is 0 Å². The molecule has 108 valence electrons. The number of hydrogen-bond acceptors (Lipinski definition) is 0. The number of benzene rings is 2. The largest absolute Gasteiger partial charge is 0.223 e. The summed E-state index contributed by atoms with van der Waals surface area (Å²) in [6.45, 7) is 6.76. The monoisotopic (exact) mass is 286 g/mol. The Balaban J connectivity index is 2.29. The van der Waals surface area contributed by atoms with Gasteiger partial charge in [0.25, 0.3) is 0 Å². The van der Waals surface area contributed by atoms with E-state index in [0.29, 0.717) is 0 Å². The second-order valence-electron chi connectivity index (χ2n) is 7.19. The Bertz CT molecular complexity index is 508. The molecule has 0 saturated heterocycles. The van der Waals surface area contributed by atoms with Crippen LogP contribution in [0.1, 0.15) is 26.3 Å². The number of rotatable bonds is 2. The highest BCUT2D eigenvalue weighted by atomic mass is 32.3. The van der Waals surface area contributed by atoms with E-state index in [1.54, 1.807) is 0 Å². The third-order valence-corrected chi connectivity index (χ3v) is 5.33. The van der Waals surface area contributed by atoms with Crippen LogP contribution in [0, 0.1) is 0 Å². The molecule has 0 fully saturated rings. The highest BCUT2D eigenvalue weighted by Gasteiger charge is 2.13. The molecule has 0 spiro atoms. The van der Waals surface area contributed by atoms with Crippen molar-refractivity contribution in [2.24, 2.45) is 0 Å². The summed E-state index contributed by atoms with van der Waals surface area (Å²) >= 11 is 0. The smallest absolute Gasteiger partial charge is 0.0106 e. The van der Waals surface area contributed by atoms with Crippen molar-refractivity contribution in [1.29, 1.82) is 0 Å². The minimum atomic E-state index is -0.628. The van der Waals surface area contributed by atoms with E-state index in [1.165, 1.54) is 21.6 Å². The van der Waals surface area contributed by atoms with Gasteiger partial charge >= 0.3 is 0 Å². The molecule has 0 aliphatic rings. The second kappa shape index (κ2) is 5.29. The maximum atomic E-state index is 2.33. The summed E-state index contributed by atoms with van der Waals surface area (Å²) in [5.74, 6) is 0. The molecule has 2 rings (SSSR count). The Morgan fingerprint density at radius 2 is 1.05 bits per heavy atom. The zero-order valence-corrected chi connectivity index (χ0v) is 14.3. The van der Waals surface area contributed by atoms with E-state index in [1.807, 2.05) is 0 Å². The van der Waals surface area contributed by atoms with Gasteiger partial charge in [-0.2, -0.15) is 0 Å². The predicted molar refractivity (Wildman–Crippen MR) is 94.2 cm³/mol. The van der Waals surface area contributed by atoms with Crippen molar-refractivity contribution in [3.05, 3.63) is 54.1 Å². The van der Waals surface area contributed by atoms with Crippen LogP contribution in [0.5, 0.6) is 0 Å². The van der Waals surface area contributed by atoms with Crippen molar-refractivity contribution in [1.82, 2.24) is 0 Å². The third kappa shape index (κ3) is 3.46. The third-order valence-electron chi connectivity index (χ3n) is 3.65. The van der Waals surface area contributed by atoms with E-state index in [2.05, 4.69) is 88.1 Å². The molecular weight excluding hydrogens is 260 g/mol. The first kappa shape index (κ1) is 15.2. The first-order valence-corrected chi connectivity index (χ1v) is 9.93. The van der Waals surface area contributed by atoms with Crippen LogP contribution in [-0.4, -0.2) is 18.8 Å². The molecule has 1 heteroatoms. The molecule has 0 amide bonds. The SMILES string of the molecule is CC(C)(C)c1ccc(-c2ccc(S(C)(C)C)cc2)cc1. The molecule has 0 nitrogen and oxygen atoms in total. The van der Waals surface area contributed by atoms with Crippen LogP contribution in [0.3, 0.4) is 0 Å². The van der Waals surface area contributed by atoms with Gasteiger partial charge in [0.05, 0.1) is 0 Å². The highest BCUT2D eigenvalue weighted by molar-refractivity contribution is 8.32. The minimum Gasteiger partial charge on any atom is -0.223 e. The standard InChI is InChI=1S/C19H26S/c1-19(2,3)17-11-7-15(8-12-17)16-9-13-18(14-10-16)20(4,5)6/h7-14H,1-6H3. The Kier molecular flexibility index (Phi) is 4.02. The van der Waals surface area contributed by atoms with Crippen LogP contribution >= 0.6 is 10.0 Å². The highest BCUT2D eigenvalue weighted by Crippen LogP contribution is 2.45. The van der Waals surface area contributed by atoms with Crippen LogP contribution in [-0.2, 0) is 5.41 Å². The molecule has 20 heavy (non-hydrogen) atoms. The maximum absolute atomic E-state index is 2.33. The lowest BCUT2D eigenvalue weighted by Crippen LogP contribution is -2.10. The second-order valence-corrected chi connectivity index (χ2v) is 11.3. The molecular formula is C19H26S. The molecule has 0 bridgehead atoms. The minimum absolute atomic E-state index is 0.220. The van der Waals surface area contributed by atoms with Crippen LogP contribution in [0.15, 0.2) is 53.4 Å². The summed E-state index contributed by atoms with van der Waals surface area (Å²) in [5, 5.41) is 0. The molecule has 0 aliphatic carbocycles. The van der Waals surface area contributed by atoms with Gasteiger partial charge in [-0.25, -0.2) is 10.0 Å². The van der Waals surface area contributed by atoms with Gasteiger partial charge in [0, 0.05) is 0 Å². The molecule has 0 N–H and O–H groups in total. The Morgan fingerprint density at radius 3 is 1.40 bits per heavy atom. The molecule has 0 heterocycles. The van der Waals surface area contributed by atoms with Crippen molar-refractivity contribution in [3.8, 4) is 11.1 Å². The Labute approximate surface area is 125 Å². The summed E-state index contributed by atoms with van der Waals surface area (Å²) < 4.78 is 0. The van der Waals surface area contributed by atoms with Crippen molar-refractivity contribution in [3.63, 3.8) is 0 Å². The fraction of sp³-hybridized carbons (Fsp3) is 0.368. The Morgan fingerprint density at radius 1 is 0.650 bits per heavy atom. The van der Waals surface area contributed by atoms with Gasteiger partial charge in [-0.1, -0.05) is 57.2 Å². The van der Waals surface area contributed by atoms with Crippen molar-refractivity contribution in [2.75, 3.05) is 18.8 Å². The molecule has 2 aromatic rings. The average molecular weight is 286 g/mol. The van der Waals surface area contributed by atoms with E-state index < -0.39 is 10.0 Å². The lowest BCUT2D eigenvalue weighted by Gasteiger charge is -2.25. The van der Waals surface area contributed by atoms with Gasteiger partial charge in [-0.15, -0.1) is 0 Å². The van der Waals surface area contributed by atoms with Crippen molar-refractivity contribution in [2.45, 2.75) is 31.1 Å². The normalized spacial score (nSPS) is 13.3. The van der Waals surface area contributed by atoms with E-state index in [4.69, 9.17) is 0 Å². The van der Waals surface area contributed by atoms with Crippen molar-refractivity contribution < 1.29 is 0 Å². The summed E-state index contributed by atoms with van der Waals surface area (Å²) in [4.78, 5) is 1.47. The van der Waals surface area contributed by atoms with Gasteiger partial charge in [-0.05, 0) is 57.9 Å². The van der Waals surface area contributed by atoms with Crippen LogP contribution in [0.25, 0.3) is 11.1 Å². The molecule has 0 radical (unpaired) electrons. The lowest BCUT2D eigenvalue weighted by molar-refractivity contribution is 0.590. The summed E-state index contributed by atoms with van der Waals surface area (Å²) in [6.07, 6.45) is 7.00. The zero-order chi connectivity index (χ0) is 15.0. The van der Waals surface area contributed by atoms with Gasteiger partial charge in [0.2, 0.25) is 0 Å². The Hall–Kier alpha value is -1.21. The topological polar surface area (TPSA) is 0 Å². The quantitative estimate of drug-likeness (QED) is 0.664. The lowest BCUT2D eigenvalue weighted by atomic mass is 9.86.